The Kier molecular flexibility index (Phi) is 5.94. The highest BCUT2D eigenvalue weighted by Gasteiger charge is 1.90. The number of hydrogen-bond donors (Lipinski definition) is 0. The van der Waals surface area contributed by atoms with Crippen LogP contribution in [0.25, 0.3) is 0 Å². The summed E-state index contributed by atoms with van der Waals surface area (Å²) in [6.07, 6.45) is 5.16. The Balaban J connectivity index is 3.33. The van der Waals surface area contributed by atoms with E-state index in [-0.39, 0.29) is 0 Å². The van der Waals surface area contributed by atoms with E-state index in [0.29, 0.717) is 0 Å². The number of ether oxygens (including phenoxy) is 1. The van der Waals surface area contributed by atoms with Crippen molar-refractivity contribution in [2.24, 2.45) is 0 Å². The molecule has 0 fully saturated rings. The Hall–Kier alpha value is -0.110. The summed E-state index contributed by atoms with van der Waals surface area (Å²) in [7, 11) is 1.72. The molecule has 0 atom stereocenters. The summed E-state index contributed by atoms with van der Waals surface area (Å²) >= 11 is 1.84. The zero-order valence-electron chi connectivity index (χ0n) is 6.31. The first-order valence-electron chi connectivity index (χ1n) is 3.03. The van der Waals surface area contributed by atoms with Crippen LogP contribution in [0.5, 0.6) is 0 Å². The molecule has 0 bridgehead atoms. The Bertz CT molecular complexity index is 88.9. The number of rotatable bonds is 4. The van der Waals surface area contributed by atoms with Gasteiger partial charge in [0.25, 0.3) is 0 Å². The highest BCUT2D eigenvalue weighted by atomic mass is 32.2. The van der Waals surface area contributed by atoms with Crippen LogP contribution in [0.2, 0.25) is 0 Å². The SMILES string of the molecule is C/C=C(\CCSC)OC. The van der Waals surface area contributed by atoms with Crippen LogP contribution in [-0.4, -0.2) is 19.1 Å². The third-order valence-corrected chi connectivity index (χ3v) is 1.75. The van der Waals surface area contributed by atoms with Crippen LogP contribution in [0.4, 0.5) is 0 Å². The van der Waals surface area contributed by atoms with Crippen molar-refractivity contribution in [2.45, 2.75) is 13.3 Å². The van der Waals surface area contributed by atoms with Gasteiger partial charge in [0.15, 0.2) is 0 Å². The van der Waals surface area contributed by atoms with Crippen molar-refractivity contribution < 1.29 is 4.74 Å². The summed E-state index contributed by atoms with van der Waals surface area (Å²) in [5, 5.41) is 0. The molecule has 0 aliphatic carbocycles. The van der Waals surface area contributed by atoms with E-state index in [1.54, 1.807) is 7.11 Å². The van der Waals surface area contributed by atoms with Crippen LogP contribution in [0.15, 0.2) is 11.8 Å². The van der Waals surface area contributed by atoms with E-state index in [1.165, 1.54) is 0 Å². The fraction of sp³-hybridized carbons (Fsp3) is 0.714. The Morgan fingerprint density at radius 1 is 1.67 bits per heavy atom. The zero-order valence-corrected chi connectivity index (χ0v) is 7.12. The van der Waals surface area contributed by atoms with Crippen LogP contribution in [0, 0.1) is 0 Å². The van der Waals surface area contributed by atoms with E-state index in [0.717, 1.165) is 17.9 Å². The lowest BCUT2D eigenvalue weighted by Gasteiger charge is -2.02. The maximum absolute atomic E-state index is 5.05. The summed E-state index contributed by atoms with van der Waals surface area (Å²) in [6, 6.07) is 0. The smallest absolute Gasteiger partial charge is 0.0921 e. The molecule has 0 saturated carbocycles. The first-order chi connectivity index (χ1) is 4.35. The van der Waals surface area contributed by atoms with E-state index < -0.39 is 0 Å². The minimum Gasteiger partial charge on any atom is -0.501 e. The second-order valence-corrected chi connectivity index (χ2v) is 2.69. The number of hydrogen-bond acceptors (Lipinski definition) is 2. The van der Waals surface area contributed by atoms with Crippen LogP contribution >= 0.6 is 11.8 Å². The Labute approximate surface area is 61.5 Å². The molecule has 0 aromatic carbocycles. The van der Waals surface area contributed by atoms with Crippen LogP contribution < -0.4 is 0 Å². The fourth-order valence-corrected chi connectivity index (χ4v) is 0.972. The fourth-order valence-electron chi connectivity index (χ4n) is 0.567. The average Bonchev–Trinajstić information content (AvgIpc) is 1.91. The second-order valence-electron chi connectivity index (χ2n) is 1.70. The van der Waals surface area contributed by atoms with E-state index in [9.17, 15) is 0 Å². The first-order valence-corrected chi connectivity index (χ1v) is 4.42. The van der Waals surface area contributed by atoms with Crippen LogP contribution in [-0.2, 0) is 4.74 Å². The van der Waals surface area contributed by atoms with E-state index in [1.807, 2.05) is 24.8 Å². The van der Waals surface area contributed by atoms with Gasteiger partial charge in [-0.05, 0) is 19.3 Å². The molecule has 9 heavy (non-hydrogen) atoms. The van der Waals surface area contributed by atoms with Crippen LogP contribution in [0.3, 0.4) is 0 Å². The third-order valence-electron chi connectivity index (χ3n) is 1.14. The van der Waals surface area contributed by atoms with Crippen LogP contribution in [0.1, 0.15) is 13.3 Å². The van der Waals surface area contributed by atoms with Gasteiger partial charge in [0.2, 0.25) is 0 Å². The van der Waals surface area contributed by atoms with Crippen molar-refractivity contribution in [3.8, 4) is 0 Å². The molecule has 0 amide bonds. The Morgan fingerprint density at radius 2 is 2.33 bits per heavy atom. The normalized spacial score (nSPS) is 11.7. The van der Waals surface area contributed by atoms with Gasteiger partial charge in [-0.15, -0.1) is 0 Å². The number of methoxy groups -OCH3 is 1. The first kappa shape index (κ1) is 8.89. The van der Waals surface area contributed by atoms with Gasteiger partial charge in [0.05, 0.1) is 12.9 Å². The molecular formula is C7H14OS. The summed E-state index contributed by atoms with van der Waals surface area (Å²) in [5.41, 5.74) is 0. The molecule has 0 aromatic heterocycles. The maximum Gasteiger partial charge on any atom is 0.0921 e. The van der Waals surface area contributed by atoms with Gasteiger partial charge in [-0.2, -0.15) is 11.8 Å². The minimum absolute atomic E-state index is 1.05. The lowest BCUT2D eigenvalue weighted by atomic mass is 10.4. The third kappa shape index (κ3) is 4.40. The van der Waals surface area contributed by atoms with Crippen molar-refractivity contribution in [1.29, 1.82) is 0 Å². The maximum atomic E-state index is 5.05. The summed E-state index contributed by atoms with van der Waals surface area (Å²) in [4.78, 5) is 0. The van der Waals surface area contributed by atoms with Gasteiger partial charge >= 0.3 is 0 Å². The largest absolute Gasteiger partial charge is 0.501 e. The average molecular weight is 146 g/mol. The van der Waals surface area contributed by atoms with Gasteiger partial charge < -0.3 is 4.74 Å². The van der Waals surface area contributed by atoms with Crippen molar-refractivity contribution >= 4 is 11.8 Å². The van der Waals surface area contributed by atoms with Gasteiger partial charge in [-0.1, -0.05) is 0 Å². The molecule has 0 aliphatic rings. The lowest BCUT2D eigenvalue weighted by Crippen LogP contribution is -1.87. The monoisotopic (exact) mass is 146 g/mol. The van der Waals surface area contributed by atoms with E-state index in [4.69, 9.17) is 4.74 Å². The molecule has 0 heterocycles. The topological polar surface area (TPSA) is 9.23 Å². The van der Waals surface area contributed by atoms with Gasteiger partial charge in [0, 0.05) is 12.2 Å². The highest BCUT2D eigenvalue weighted by Crippen LogP contribution is 2.05. The molecule has 0 aromatic rings. The predicted molar refractivity (Wildman–Crippen MR) is 43.8 cm³/mol. The van der Waals surface area contributed by atoms with Crippen molar-refractivity contribution in [3.63, 3.8) is 0 Å². The predicted octanol–water partition coefficient (Wildman–Crippen LogP) is 2.29. The van der Waals surface area contributed by atoms with E-state index in [2.05, 4.69) is 6.26 Å². The second kappa shape index (κ2) is 6.02. The zero-order chi connectivity index (χ0) is 7.11. The quantitative estimate of drug-likeness (QED) is 0.563. The molecule has 0 aliphatic heterocycles. The summed E-state index contributed by atoms with van der Waals surface area (Å²) in [6.45, 7) is 2.00. The molecule has 0 radical (unpaired) electrons. The van der Waals surface area contributed by atoms with Gasteiger partial charge in [0.1, 0.15) is 0 Å². The number of thioether (sulfide) groups is 1. The van der Waals surface area contributed by atoms with Gasteiger partial charge in [-0.25, -0.2) is 0 Å². The standard InChI is InChI=1S/C7H14OS/c1-4-7(8-2)5-6-9-3/h4H,5-6H2,1-3H3/b7-4+. The minimum atomic E-state index is 1.05. The molecular weight excluding hydrogens is 132 g/mol. The van der Waals surface area contributed by atoms with Gasteiger partial charge in [-0.3, -0.25) is 0 Å². The van der Waals surface area contributed by atoms with Crippen molar-refractivity contribution in [2.75, 3.05) is 19.1 Å². The molecule has 54 valence electrons. The molecule has 0 N–H and O–H groups in total. The van der Waals surface area contributed by atoms with E-state index >= 15 is 0 Å². The van der Waals surface area contributed by atoms with Crippen molar-refractivity contribution in [1.82, 2.24) is 0 Å². The number of allylic oxidation sites excluding steroid dienone is 2. The molecule has 0 spiro atoms. The lowest BCUT2D eigenvalue weighted by molar-refractivity contribution is 0.280. The molecule has 0 unspecified atom stereocenters. The van der Waals surface area contributed by atoms with Crippen molar-refractivity contribution in [3.05, 3.63) is 11.8 Å². The molecule has 1 nitrogen and oxygen atoms in total. The molecule has 0 rings (SSSR count). The molecule has 2 heteroatoms. The summed E-state index contributed by atoms with van der Waals surface area (Å²) < 4.78 is 5.05. The Morgan fingerprint density at radius 3 is 2.67 bits per heavy atom. The summed E-state index contributed by atoms with van der Waals surface area (Å²) in [5.74, 6) is 2.23. The molecule has 0 saturated heterocycles. The highest BCUT2D eigenvalue weighted by molar-refractivity contribution is 7.98.